The predicted molar refractivity (Wildman–Crippen MR) is 109 cm³/mol. The standard InChI is InChI=1S/C24H18N2/c1-17-16-26(19-12-6-3-7-13-19)24-20-14-8-9-15-21(20)25-23(22(17)24)18-10-4-2-5-11-18/h2-16H,1H3. The minimum atomic E-state index is 1.02. The van der Waals surface area contributed by atoms with Gasteiger partial charge in [0.2, 0.25) is 0 Å². The quantitative estimate of drug-likeness (QED) is 0.378. The largest absolute Gasteiger partial charge is 0.316 e. The normalized spacial score (nSPS) is 11.3. The molecule has 0 aliphatic rings. The molecule has 0 spiro atoms. The Morgan fingerprint density at radius 3 is 2.15 bits per heavy atom. The van der Waals surface area contributed by atoms with E-state index in [2.05, 4.69) is 96.6 Å². The molecule has 2 nitrogen and oxygen atoms in total. The monoisotopic (exact) mass is 334 g/mol. The summed E-state index contributed by atoms with van der Waals surface area (Å²) in [7, 11) is 0. The molecule has 0 radical (unpaired) electrons. The van der Waals surface area contributed by atoms with Gasteiger partial charge in [0, 0.05) is 28.2 Å². The van der Waals surface area contributed by atoms with Crippen LogP contribution in [0.4, 0.5) is 0 Å². The molecule has 2 aromatic heterocycles. The summed E-state index contributed by atoms with van der Waals surface area (Å²) in [6.45, 7) is 2.17. The zero-order valence-electron chi connectivity index (χ0n) is 14.6. The van der Waals surface area contributed by atoms with Crippen LogP contribution in [0.3, 0.4) is 0 Å². The molecule has 0 unspecified atom stereocenters. The number of hydrogen-bond donors (Lipinski definition) is 0. The number of aryl methyl sites for hydroxylation is 1. The average molecular weight is 334 g/mol. The van der Waals surface area contributed by atoms with Crippen LogP contribution in [-0.2, 0) is 0 Å². The van der Waals surface area contributed by atoms with Gasteiger partial charge >= 0.3 is 0 Å². The second-order valence-corrected chi connectivity index (χ2v) is 6.58. The summed E-state index contributed by atoms with van der Waals surface area (Å²) < 4.78 is 2.29. The highest BCUT2D eigenvalue weighted by Crippen LogP contribution is 2.36. The average Bonchev–Trinajstić information content (AvgIpc) is 3.06. The van der Waals surface area contributed by atoms with Crippen LogP contribution in [0.5, 0.6) is 0 Å². The number of para-hydroxylation sites is 2. The van der Waals surface area contributed by atoms with Crippen LogP contribution >= 0.6 is 0 Å². The third-order valence-electron chi connectivity index (χ3n) is 4.90. The van der Waals surface area contributed by atoms with Gasteiger partial charge in [0.05, 0.1) is 16.7 Å². The molecule has 0 saturated carbocycles. The fourth-order valence-electron chi connectivity index (χ4n) is 3.74. The Kier molecular flexibility index (Phi) is 3.36. The van der Waals surface area contributed by atoms with Gasteiger partial charge in [-0.2, -0.15) is 0 Å². The highest BCUT2D eigenvalue weighted by molar-refractivity contribution is 6.11. The van der Waals surface area contributed by atoms with E-state index in [-0.39, 0.29) is 0 Å². The molecule has 0 atom stereocenters. The second kappa shape index (κ2) is 5.85. The smallest absolute Gasteiger partial charge is 0.0806 e. The molecular weight excluding hydrogens is 316 g/mol. The summed E-state index contributed by atoms with van der Waals surface area (Å²) in [6.07, 6.45) is 2.22. The van der Waals surface area contributed by atoms with Gasteiger partial charge in [-0.05, 0) is 30.7 Å². The summed E-state index contributed by atoms with van der Waals surface area (Å²) in [5.74, 6) is 0. The van der Waals surface area contributed by atoms with E-state index in [1.165, 1.54) is 27.5 Å². The Bertz CT molecular complexity index is 1220. The van der Waals surface area contributed by atoms with Crippen LogP contribution in [0.2, 0.25) is 0 Å². The van der Waals surface area contributed by atoms with E-state index in [4.69, 9.17) is 4.98 Å². The van der Waals surface area contributed by atoms with Gasteiger partial charge in [0.1, 0.15) is 0 Å². The Labute approximate surface area is 152 Å². The van der Waals surface area contributed by atoms with Crippen molar-refractivity contribution in [2.24, 2.45) is 0 Å². The van der Waals surface area contributed by atoms with Crippen molar-refractivity contribution in [3.8, 4) is 16.9 Å². The lowest BCUT2D eigenvalue weighted by Gasteiger charge is -2.11. The van der Waals surface area contributed by atoms with Crippen LogP contribution in [0.25, 0.3) is 38.8 Å². The molecule has 0 bridgehead atoms. The van der Waals surface area contributed by atoms with E-state index in [0.29, 0.717) is 0 Å². The minimum absolute atomic E-state index is 1.02. The predicted octanol–water partition coefficient (Wildman–Crippen LogP) is 6.15. The first-order valence-corrected chi connectivity index (χ1v) is 8.84. The van der Waals surface area contributed by atoms with Crippen molar-refractivity contribution in [1.29, 1.82) is 0 Å². The van der Waals surface area contributed by atoms with Crippen molar-refractivity contribution < 1.29 is 0 Å². The number of hydrogen-bond acceptors (Lipinski definition) is 1. The minimum Gasteiger partial charge on any atom is -0.316 e. The molecular formula is C24H18N2. The maximum atomic E-state index is 5.03. The van der Waals surface area contributed by atoms with E-state index in [1.54, 1.807) is 0 Å². The van der Waals surface area contributed by atoms with Crippen molar-refractivity contribution in [3.63, 3.8) is 0 Å². The molecule has 0 amide bonds. The van der Waals surface area contributed by atoms with Crippen molar-refractivity contribution in [3.05, 3.63) is 96.7 Å². The zero-order valence-corrected chi connectivity index (χ0v) is 14.6. The van der Waals surface area contributed by atoms with E-state index in [9.17, 15) is 0 Å². The number of benzene rings is 3. The van der Waals surface area contributed by atoms with Crippen molar-refractivity contribution in [1.82, 2.24) is 9.55 Å². The Balaban J connectivity index is 1.97. The van der Waals surface area contributed by atoms with Crippen LogP contribution in [-0.4, -0.2) is 9.55 Å². The highest BCUT2D eigenvalue weighted by atomic mass is 15.0. The van der Waals surface area contributed by atoms with Gasteiger partial charge in [0.25, 0.3) is 0 Å². The van der Waals surface area contributed by atoms with E-state index in [0.717, 1.165) is 16.8 Å². The lowest BCUT2D eigenvalue weighted by atomic mass is 10.0. The van der Waals surface area contributed by atoms with Crippen molar-refractivity contribution >= 4 is 21.8 Å². The Hall–Kier alpha value is -3.39. The fraction of sp³-hybridized carbons (Fsp3) is 0.0417. The lowest BCUT2D eigenvalue weighted by molar-refractivity contribution is 1.12. The molecule has 0 saturated heterocycles. The molecule has 3 aromatic carbocycles. The molecule has 0 fully saturated rings. The Morgan fingerprint density at radius 1 is 0.731 bits per heavy atom. The molecule has 0 N–H and O–H groups in total. The summed E-state index contributed by atoms with van der Waals surface area (Å²) >= 11 is 0. The molecule has 124 valence electrons. The maximum Gasteiger partial charge on any atom is 0.0806 e. The van der Waals surface area contributed by atoms with Gasteiger partial charge in [-0.1, -0.05) is 66.7 Å². The molecule has 0 aliphatic carbocycles. The van der Waals surface area contributed by atoms with Crippen LogP contribution < -0.4 is 0 Å². The molecule has 5 aromatic rings. The van der Waals surface area contributed by atoms with Crippen LogP contribution in [0.1, 0.15) is 5.56 Å². The van der Waals surface area contributed by atoms with Crippen LogP contribution in [0, 0.1) is 6.92 Å². The first-order valence-electron chi connectivity index (χ1n) is 8.84. The molecule has 26 heavy (non-hydrogen) atoms. The van der Waals surface area contributed by atoms with Gasteiger partial charge in [0.15, 0.2) is 0 Å². The first-order chi connectivity index (χ1) is 12.8. The molecule has 5 rings (SSSR count). The van der Waals surface area contributed by atoms with E-state index in [1.807, 2.05) is 6.07 Å². The topological polar surface area (TPSA) is 17.8 Å². The third kappa shape index (κ3) is 2.23. The van der Waals surface area contributed by atoms with Gasteiger partial charge in [-0.15, -0.1) is 0 Å². The number of fused-ring (bicyclic) bond motifs is 3. The second-order valence-electron chi connectivity index (χ2n) is 6.58. The Morgan fingerprint density at radius 2 is 1.38 bits per heavy atom. The summed E-state index contributed by atoms with van der Waals surface area (Å²) in [5.41, 5.74) is 6.85. The van der Waals surface area contributed by atoms with Gasteiger partial charge in [-0.3, -0.25) is 0 Å². The molecule has 0 aliphatic heterocycles. The summed E-state index contributed by atoms with van der Waals surface area (Å²) in [6, 6.07) is 29.4. The van der Waals surface area contributed by atoms with Crippen molar-refractivity contribution in [2.75, 3.05) is 0 Å². The van der Waals surface area contributed by atoms with Gasteiger partial charge in [-0.25, -0.2) is 4.98 Å². The molecule has 2 heteroatoms. The number of aromatic nitrogens is 2. The van der Waals surface area contributed by atoms with E-state index < -0.39 is 0 Å². The first kappa shape index (κ1) is 14.9. The number of rotatable bonds is 2. The zero-order chi connectivity index (χ0) is 17.5. The number of nitrogens with zero attached hydrogens (tertiary/aromatic N) is 2. The highest BCUT2D eigenvalue weighted by Gasteiger charge is 2.17. The fourth-order valence-corrected chi connectivity index (χ4v) is 3.74. The van der Waals surface area contributed by atoms with Gasteiger partial charge < -0.3 is 4.57 Å². The summed E-state index contributed by atoms with van der Waals surface area (Å²) in [4.78, 5) is 5.03. The molecule has 2 heterocycles. The van der Waals surface area contributed by atoms with E-state index >= 15 is 0 Å². The SMILES string of the molecule is Cc1cn(-c2ccccc2)c2c1c(-c1ccccc1)nc1ccccc12. The summed E-state index contributed by atoms with van der Waals surface area (Å²) in [5, 5.41) is 2.40. The number of pyridine rings is 1. The van der Waals surface area contributed by atoms with Crippen LogP contribution in [0.15, 0.2) is 91.1 Å². The lowest BCUT2D eigenvalue weighted by Crippen LogP contribution is -1.94. The maximum absolute atomic E-state index is 5.03. The third-order valence-corrected chi connectivity index (χ3v) is 4.90. The van der Waals surface area contributed by atoms with Crippen molar-refractivity contribution in [2.45, 2.75) is 6.92 Å².